The van der Waals surface area contributed by atoms with E-state index in [1.807, 2.05) is 0 Å². The molecule has 18 heavy (non-hydrogen) atoms. The molecule has 0 bridgehead atoms. The number of alkyl halides is 1. The van der Waals surface area contributed by atoms with E-state index in [4.69, 9.17) is 11.6 Å². The number of halogens is 1. The van der Waals surface area contributed by atoms with Crippen molar-refractivity contribution >= 4 is 17.5 Å². The van der Waals surface area contributed by atoms with Gasteiger partial charge in [0.2, 0.25) is 0 Å². The zero-order valence-electron chi connectivity index (χ0n) is 10.3. The zero-order valence-corrected chi connectivity index (χ0v) is 11.0. The molecule has 2 N–H and O–H groups in total. The Morgan fingerprint density at radius 1 is 1.28 bits per heavy atom. The van der Waals surface area contributed by atoms with Gasteiger partial charge in [0.1, 0.15) is 5.75 Å². The number of hydrogen-bond acceptors (Lipinski definition) is 2. The van der Waals surface area contributed by atoms with Gasteiger partial charge < -0.3 is 10.4 Å². The molecule has 0 spiro atoms. The molecule has 0 aliphatic heterocycles. The first kappa shape index (κ1) is 13.2. The van der Waals surface area contributed by atoms with Crippen LogP contribution in [0.2, 0.25) is 0 Å². The zero-order chi connectivity index (χ0) is 13.0. The highest BCUT2D eigenvalue weighted by molar-refractivity contribution is 6.18. The van der Waals surface area contributed by atoms with Gasteiger partial charge in [-0.05, 0) is 37.1 Å². The lowest BCUT2D eigenvalue weighted by molar-refractivity contribution is 0.0935. The van der Waals surface area contributed by atoms with Crippen LogP contribution in [0, 0.1) is 5.41 Å². The van der Waals surface area contributed by atoms with E-state index < -0.39 is 0 Å². The van der Waals surface area contributed by atoms with E-state index >= 15 is 0 Å². The summed E-state index contributed by atoms with van der Waals surface area (Å²) in [6.45, 7) is 0.635. The minimum atomic E-state index is -0.105. The summed E-state index contributed by atoms with van der Waals surface area (Å²) in [5.74, 6) is 0.661. The molecule has 0 unspecified atom stereocenters. The maximum absolute atomic E-state index is 11.9. The van der Waals surface area contributed by atoms with E-state index in [0.29, 0.717) is 18.0 Å². The number of nitrogens with one attached hydrogen (secondary N) is 1. The molecule has 1 aromatic rings. The van der Waals surface area contributed by atoms with Crippen molar-refractivity contribution in [2.24, 2.45) is 5.41 Å². The number of benzene rings is 1. The molecule has 2 rings (SSSR count). The number of phenolic OH excluding ortho intramolecular Hbond substituents is 1. The molecule has 1 fully saturated rings. The summed E-state index contributed by atoms with van der Waals surface area (Å²) in [5, 5.41) is 12.1. The topological polar surface area (TPSA) is 49.3 Å². The third kappa shape index (κ3) is 2.96. The number of carbonyl (C=O) groups is 1. The SMILES string of the molecule is O=C(NCC1(CCl)CCCC1)c1ccc(O)cc1. The van der Waals surface area contributed by atoms with E-state index in [1.54, 1.807) is 12.1 Å². The molecule has 1 aromatic carbocycles. The van der Waals surface area contributed by atoms with Gasteiger partial charge in [-0.25, -0.2) is 0 Å². The molecule has 1 aliphatic rings. The number of rotatable bonds is 4. The van der Waals surface area contributed by atoms with Crippen LogP contribution in [0.3, 0.4) is 0 Å². The second kappa shape index (κ2) is 5.61. The van der Waals surface area contributed by atoms with Crippen molar-refractivity contribution in [1.82, 2.24) is 5.32 Å². The second-order valence-electron chi connectivity index (χ2n) is 5.07. The average molecular weight is 268 g/mol. The summed E-state index contributed by atoms with van der Waals surface area (Å²) in [6, 6.07) is 6.27. The lowest BCUT2D eigenvalue weighted by atomic mass is 9.88. The van der Waals surface area contributed by atoms with Crippen LogP contribution in [0.5, 0.6) is 5.75 Å². The minimum absolute atomic E-state index is 0.0775. The Morgan fingerprint density at radius 2 is 1.89 bits per heavy atom. The fraction of sp³-hybridized carbons (Fsp3) is 0.500. The summed E-state index contributed by atoms with van der Waals surface area (Å²) in [7, 11) is 0. The first-order valence-electron chi connectivity index (χ1n) is 6.28. The van der Waals surface area contributed by atoms with Crippen LogP contribution in [0.25, 0.3) is 0 Å². The van der Waals surface area contributed by atoms with E-state index in [0.717, 1.165) is 12.8 Å². The summed E-state index contributed by atoms with van der Waals surface area (Å²) in [6.07, 6.45) is 4.57. The number of aromatic hydroxyl groups is 1. The van der Waals surface area contributed by atoms with E-state index in [9.17, 15) is 9.90 Å². The van der Waals surface area contributed by atoms with Crippen LogP contribution in [0.1, 0.15) is 36.0 Å². The Bertz CT molecular complexity index is 410. The van der Waals surface area contributed by atoms with Gasteiger partial charge in [-0.2, -0.15) is 0 Å². The second-order valence-corrected chi connectivity index (χ2v) is 5.34. The van der Waals surface area contributed by atoms with Gasteiger partial charge in [0, 0.05) is 23.4 Å². The van der Waals surface area contributed by atoms with Gasteiger partial charge in [-0.3, -0.25) is 4.79 Å². The molecule has 4 heteroatoms. The van der Waals surface area contributed by atoms with Crippen LogP contribution in [-0.4, -0.2) is 23.4 Å². The normalized spacial score (nSPS) is 17.6. The molecule has 98 valence electrons. The quantitative estimate of drug-likeness (QED) is 0.824. The van der Waals surface area contributed by atoms with Crippen LogP contribution in [0.15, 0.2) is 24.3 Å². The molecule has 0 heterocycles. The smallest absolute Gasteiger partial charge is 0.251 e. The maximum Gasteiger partial charge on any atom is 0.251 e. The van der Waals surface area contributed by atoms with Crippen molar-refractivity contribution in [1.29, 1.82) is 0 Å². The van der Waals surface area contributed by atoms with Crippen molar-refractivity contribution in [3.05, 3.63) is 29.8 Å². The van der Waals surface area contributed by atoms with E-state index in [2.05, 4.69) is 5.32 Å². The van der Waals surface area contributed by atoms with E-state index in [-0.39, 0.29) is 17.1 Å². The molecule has 0 radical (unpaired) electrons. The van der Waals surface area contributed by atoms with Crippen LogP contribution < -0.4 is 5.32 Å². The monoisotopic (exact) mass is 267 g/mol. The van der Waals surface area contributed by atoms with E-state index in [1.165, 1.54) is 25.0 Å². The Morgan fingerprint density at radius 3 is 2.44 bits per heavy atom. The molecule has 0 saturated heterocycles. The fourth-order valence-corrected chi connectivity index (χ4v) is 2.83. The standard InChI is InChI=1S/C14H18ClNO2/c15-9-14(7-1-2-8-14)10-16-13(18)11-3-5-12(17)6-4-11/h3-6,17H,1-2,7-10H2,(H,16,18). The maximum atomic E-state index is 11.9. The van der Waals surface area contributed by atoms with Gasteiger partial charge in [-0.15, -0.1) is 11.6 Å². The van der Waals surface area contributed by atoms with Crippen LogP contribution >= 0.6 is 11.6 Å². The number of amides is 1. The first-order valence-corrected chi connectivity index (χ1v) is 6.82. The Kier molecular flexibility index (Phi) is 4.12. The number of phenols is 1. The molecular formula is C14H18ClNO2. The van der Waals surface area contributed by atoms with Gasteiger partial charge in [0.05, 0.1) is 0 Å². The highest BCUT2D eigenvalue weighted by Crippen LogP contribution is 2.38. The van der Waals surface area contributed by atoms with Gasteiger partial charge >= 0.3 is 0 Å². The Labute approximate surface area is 112 Å². The molecular weight excluding hydrogens is 250 g/mol. The average Bonchev–Trinajstić information content (AvgIpc) is 2.86. The molecule has 0 atom stereocenters. The van der Waals surface area contributed by atoms with Crippen molar-refractivity contribution in [2.75, 3.05) is 12.4 Å². The fourth-order valence-electron chi connectivity index (χ4n) is 2.47. The number of carbonyl (C=O) groups excluding carboxylic acids is 1. The highest BCUT2D eigenvalue weighted by atomic mass is 35.5. The summed E-state index contributed by atoms with van der Waals surface area (Å²) in [4.78, 5) is 11.9. The minimum Gasteiger partial charge on any atom is -0.508 e. The lowest BCUT2D eigenvalue weighted by Gasteiger charge is -2.26. The van der Waals surface area contributed by atoms with Crippen molar-refractivity contribution < 1.29 is 9.90 Å². The van der Waals surface area contributed by atoms with Gasteiger partial charge in [-0.1, -0.05) is 12.8 Å². The Balaban J connectivity index is 1.93. The van der Waals surface area contributed by atoms with Crippen molar-refractivity contribution in [2.45, 2.75) is 25.7 Å². The van der Waals surface area contributed by atoms with Crippen molar-refractivity contribution in [3.63, 3.8) is 0 Å². The summed E-state index contributed by atoms with van der Waals surface area (Å²) < 4.78 is 0. The lowest BCUT2D eigenvalue weighted by Crippen LogP contribution is -2.37. The molecule has 1 aliphatic carbocycles. The molecule has 1 amide bonds. The molecule has 3 nitrogen and oxygen atoms in total. The predicted molar refractivity (Wildman–Crippen MR) is 72.1 cm³/mol. The summed E-state index contributed by atoms with van der Waals surface area (Å²) in [5.41, 5.74) is 0.643. The van der Waals surface area contributed by atoms with Gasteiger partial charge in [0.25, 0.3) is 5.91 Å². The molecule has 0 aromatic heterocycles. The van der Waals surface area contributed by atoms with Crippen LogP contribution in [0.4, 0.5) is 0 Å². The third-order valence-electron chi connectivity index (χ3n) is 3.70. The van der Waals surface area contributed by atoms with Crippen molar-refractivity contribution in [3.8, 4) is 5.75 Å². The molecule has 1 saturated carbocycles. The Hall–Kier alpha value is -1.22. The first-order chi connectivity index (χ1) is 8.65. The largest absolute Gasteiger partial charge is 0.508 e. The predicted octanol–water partition coefficient (Wildman–Crippen LogP) is 2.92. The summed E-state index contributed by atoms with van der Waals surface area (Å²) >= 11 is 6.03. The van der Waals surface area contributed by atoms with Gasteiger partial charge in [0.15, 0.2) is 0 Å². The number of hydrogen-bond donors (Lipinski definition) is 2. The highest BCUT2D eigenvalue weighted by Gasteiger charge is 2.33. The third-order valence-corrected chi connectivity index (χ3v) is 4.27. The van der Waals surface area contributed by atoms with Crippen LogP contribution in [-0.2, 0) is 0 Å².